The first kappa shape index (κ1) is 67.3. The number of fused-ring (bicyclic) bond motifs is 8. The molecule has 0 radical (unpaired) electrons. The molecule has 470 valence electrons. The molecule has 2 aliphatic rings. The topological polar surface area (TPSA) is 69.5 Å². The van der Waals surface area contributed by atoms with E-state index < -0.39 is 126 Å². The van der Waals surface area contributed by atoms with E-state index in [1.54, 1.807) is 0 Å². The van der Waals surface area contributed by atoms with Crippen molar-refractivity contribution < 1.29 is 123 Å². The molecule has 0 aromatic carbocycles. The zero-order valence-corrected chi connectivity index (χ0v) is 47.0. The Labute approximate surface area is 503 Å². The Kier molecular flexibility index (Phi) is 19.4. The van der Waals surface area contributed by atoms with Gasteiger partial charge in [0.1, 0.15) is 26.2 Å². The summed E-state index contributed by atoms with van der Waals surface area (Å²) in [4.78, 5) is 20.0. The molecule has 0 spiro atoms. The van der Waals surface area contributed by atoms with Crippen molar-refractivity contribution in [3.05, 3.63) is 145 Å². The van der Waals surface area contributed by atoms with Crippen LogP contribution < -0.4 is 28.2 Å². The van der Waals surface area contributed by atoms with E-state index in [9.17, 15) is 87.8 Å². The molecule has 2 aliphatic heterocycles. The maximum absolute atomic E-state index is 14.4. The second kappa shape index (κ2) is 25.7. The van der Waals surface area contributed by atoms with E-state index >= 15 is 0 Å². The van der Waals surface area contributed by atoms with Gasteiger partial charge in [-0.05, 0) is 48.6 Å². The van der Waals surface area contributed by atoms with E-state index in [1.807, 2.05) is 0 Å². The molecule has 29 heteroatoms. The van der Waals surface area contributed by atoms with Crippen LogP contribution in [0.3, 0.4) is 0 Å². The average molecular weight is 1320 g/mol. The first-order chi connectivity index (χ1) is 41.2. The number of rotatable bonds is 20. The Hall–Kier alpha value is -7.68. The first-order valence-corrected chi connectivity index (χ1v) is 27.0. The van der Waals surface area contributed by atoms with Crippen molar-refractivity contribution >= 4 is 46.4 Å². The zero-order valence-electron chi connectivity index (χ0n) is 45.9. The van der Waals surface area contributed by atoms with Gasteiger partial charge in [-0.25, -0.2) is 9.97 Å². The van der Waals surface area contributed by atoms with Crippen molar-refractivity contribution in [2.24, 2.45) is 0 Å². The fourth-order valence-corrected chi connectivity index (χ4v) is 10.2. The van der Waals surface area contributed by atoms with Crippen LogP contribution in [0, 0.1) is 0 Å². The van der Waals surface area contributed by atoms with Crippen LogP contribution in [0.25, 0.3) is 91.4 Å². The molecule has 0 atom stereocenters. The molecular weight excluding hydrogens is 1270 g/mol. The van der Waals surface area contributed by atoms with Crippen molar-refractivity contribution in [1.29, 1.82) is 0 Å². The molecule has 0 saturated carbocycles. The second-order valence-electron chi connectivity index (χ2n) is 20.7. The van der Waals surface area contributed by atoms with Crippen molar-refractivity contribution in [2.45, 2.75) is 126 Å². The van der Waals surface area contributed by atoms with E-state index in [0.717, 1.165) is 0 Å². The van der Waals surface area contributed by atoms with Gasteiger partial charge in [0.2, 0.25) is 22.8 Å². The first-order valence-electron chi connectivity index (χ1n) is 27.0. The molecule has 89 heavy (non-hydrogen) atoms. The number of nitrogens with zero attached hydrogens (tertiary/aromatic N) is 8. The molecule has 0 aliphatic carbocycles. The van der Waals surface area contributed by atoms with Gasteiger partial charge in [0.25, 0.3) is 0 Å². The average Bonchev–Trinajstić information content (AvgIpc) is 1.73. The zero-order chi connectivity index (χ0) is 63.8. The fourth-order valence-electron chi connectivity index (χ4n) is 10.2. The molecule has 0 saturated heterocycles. The van der Waals surface area contributed by atoms with Crippen LogP contribution in [0.2, 0.25) is 0 Å². The van der Waals surface area contributed by atoms with Crippen molar-refractivity contribution in [3.63, 3.8) is 0 Å². The molecule has 0 unspecified atom stereocenters. The minimum Gasteiger partial charge on any atom is -0.656 e. The molecule has 0 N–H and O–H groups in total. The van der Waals surface area contributed by atoms with Gasteiger partial charge in [-0.15, -0.1) is 22.1 Å². The van der Waals surface area contributed by atoms with Crippen LogP contribution in [0.4, 0.5) is 87.8 Å². The number of aryl methyl sites for hydroxylation is 4. The summed E-state index contributed by atoms with van der Waals surface area (Å²) in [6, 6.07) is 23.8. The number of alkyl halides is 20. The monoisotopic (exact) mass is 1320 g/mol. The summed E-state index contributed by atoms with van der Waals surface area (Å²) in [7, 11) is 0. The van der Waals surface area contributed by atoms with E-state index in [0.29, 0.717) is 0 Å². The molecule has 9 heterocycles. The minimum absolute atomic E-state index is 0. The summed E-state index contributed by atoms with van der Waals surface area (Å²) < 4.78 is 281. The maximum Gasteiger partial charge on any atom is 3.00 e. The molecule has 0 amide bonds. The fraction of sp³-hybridized carbons (Fsp3) is 0.333. The van der Waals surface area contributed by atoms with E-state index in [-0.39, 0.29) is 107 Å². The van der Waals surface area contributed by atoms with Gasteiger partial charge in [0, 0.05) is 99.9 Å². The molecule has 0 fully saturated rings. The molecule has 7 aromatic heterocycles. The predicted octanol–water partition coefficient (Wildman–Crippen LogP) is 15.6. The Morgan fingerprint density at radius 1 is 0.292 bits per heavy atom. The summed E-state index contributed by atoms with van der Waals surface area (Å²) >= 11 is 0. The predicted molar refractivity (Wildman–Crippen MR) is 280 cm³/mol. The maximum atomic E-state index is 14.4. The Morgan fingerprint density at radius 2 is 0.494 bits per heavy atom. The molecular formula is C60H48F20MnN8+5. The summed E-state index contributed by atoms with van der Waals surface area (Å²) in [5, 5.41) is 0. The van der Waals surface area contributed by atoms with Crippen molar-refractivity contribution in [3.8, 4) is 45.0 Å². The van der Waals surface area contributed by atoms with Crippen LogP contribution in [0.15, 0.2) is 122 Å². The summed E-state index contributed by atoms with van der Waals surface area (Å²) in [5.41, 5.74) is 1.22. The summed E-state index contributed by atoms with van der Waals surface area (Å²) in [5.74, 6) is -20.3. The van der Waals surface area contributed by atoms with E-state index in [1.165, 1.54) is 164 Å². The third-order valence-electron chi connectivity index (χ3n) is 14.6. The molecule has 9 rings (SSSR count). The second-order valence-corrected chi connectivity index (χ2v) is 20.7. The van der Waals surface area contributed by atoms with Crippen LogP contribution in [0.1, 0.15) is 74.1 Å². The Bertz CT molecular complexity index is 3440. The van der Waals surface area contributed by atoms with Gasteiger partial charge >= 0.3 is 65.5 Å². The van der Waals surface area contributed by atoms with Gasteiger partial charge in [-0.3, -0.25) is 0 Å². The third-order valence-corrected chi connectivity index (χ3v) is 14.6. The SMILES string of the molecule is FC(F)(F)C(F)(F)CCC[n+]1ccccc1-c1c2nc(c(-c3cccc[n+]3CCCC(F)(F)C(F)(F)F)c3ccc([n-]3)c(-c3cccc[n+]3CCCC(F)(F)C(F)(F)F)c3nc(c(-c4cccc[n+]4CCCC(F)(F)C(F)(F)F)c4ccc1[n-]4)C=C3)C=C2.[Mn+3]. The van der Waals surface area contributed by atoms with Gasteiger partial charge in [-0.1, -0.05) is 24.3 Å². The third kappa shape index (κ3) is 14.5. The summed E-state index contributed by atoms with van der Waals surface area (Å²) in [6.45, 7) is -1.79. The normalized spacial score (nSPS) is 13.5. The van der Waals surface area contributed by atoms with Gasteiger partial charge in [0.05, 0.1) is 45.0 Å². The van der Waals surface area contributed by atoms with Crippen LogP contribution >= 0.6 is 0 Å². The van der Waals surface area contributed by atoms with Gasteiger partial charge in [-0.2, -0.15) is 106 Å². The number of halogens is 20. The van der Waals surface area contributed by atoms with Crippen molar-refractivity contribution in [2.75, 3.05) is 0 Å². The quantitative estimate of drug-likeness (QED) is 0.0433. The van der Waals surface area contributed by atoms with Crippen LogP contribution in [0.5, 0.6) is 0 Å². The van der Waals surface area contributed by atoms with Gasteiger partial charge in [0.15, 0.2) is 24.8 Å². The van der Waals surface area contributed by atoms with Crippen LogP contribution in [-0.4, -0.2) is 58.4 Å². The molecule has 8 nitrogen and oxygen atoms in total. The molecule has 8 bridgehead atoms. The Balaban J connectivity index is 0.0000102. The number of hydrogen-bond acceptors (Lipinski definition) is 2. The van der Waals surface area contributed by atoms with Crippen molar-refractivity contribution in [1.82, 2.24) is 19.9 Å². The summed E-state index contributed by atoms with van der Waals surface area (Å²) in [6.07, 6.45) is -21.4. The minimum atomic E-state index is -5.87. The molecule has 7 aromatic rings. The van der Waals surface area contributed by atoms with E-state index in [2.05, 4.69) is 0 Å². The number of hydrogen-bond donors (Lipinski definition) is 0. The largest absolute Gasteiger partial charge is 3.00 e. The standard InChI is InChI=1S/C60H48F20N8.Mn/c61-53(62,57(69,70)71)25-9-33-85-29-5-1-13-45(85)49-37-17-19-39(81-37)50(46-14-2-6-30-86(46)34-10-26-54(63,64)58(72,73)74)41-21-23-43(83-41)52(48-16-4-8-32-88(48)36-12-28-56(67,68)60(78,79)80)44-24-22-42(84-44)51(40-20-18-38(49)82-40)47-15-3-7-31-87(47)35-11-27-55(65,66)59(75,76)77;/h1-8,13-24,29-32H,9-12,25-28,33-36H2;/q+2;+3. The van der Waals surface area contributed by atoms with Gasteiger partial charge < -0.3 is 9.97 Å². The number of aromatic nitrogens is 8. The number of pyridine rings is 4. The van der Waals surface area contributed by atoms with Crippen LogP contribution in [-0.2, 0) is 43.2 Å². The smallest absolute Gasteiger partial charge is 0.656 e. The van der Waals surface area contributed by atoms with E-state index in [4.69, 9.17) is 19.9 Å². The Morgan fingerprint density at radius 3 is 0.685 bits per heavy atom.